The Labute approximate surface area is 149 Å². The van der Waals surface area contributed by atoms with Gasteiger partial charge in [0, 0.05) is 5.56 Å². The topological polar surface area (TPSA) is 111 Å². The largest absolute Gasteiger partial charge is 0.449 e. The first-order valence-electron chi connectivity index (χ1n) is 7.29. The van der Waals surface area contributed by atoms with Crippen LogP contribution in [0.1, 0.15) is 27.6 Å². The minimum Gasteiger partial charge on any atom is -0.449 e. The molecule has 8 heteroatoms. The number of halogens is 1. The van der Waals surface area contributed by atoms with Gasteiger partial charge in [-0.1, -0.05) is 29.8 Å². The number of benzene rings is 2. The Hall–Kier alpha value is -3.06. The third kappa shape index (κ3) is 4.95. The molecule has 2 aromatic rings. The van der Waals surface area contributed by atoms with E-state index in [0.29, 0.717) is 10.6 Å². The number of nitrogens with two attached hydrogens (primary N) is 1. The molecule has 2 rings (SSSR count). The monoisotopic (exact) mass is 361 g/mol. The van der Waals surface area contributed by atoms with Crippen LogP contribution in [0.4, 0.5) is 5.69 Å². The number of hydrogen-bond acceptors (Lipinski definition) is 5. The maximum absolute atomic E-state index is 12.0. The summed E-state index contributed by atoms with van der Waals surface area (Å²) in [5.74, 6) is -1.90. The molecule has 0 saturated carbocycles. The third-order valence-electron chi connectivity index (χ3n) is 3.22. The van der Waals surface area contributed by atoms with Crippen molar-refractivity contribution in [2.75, 3.05) is 5.73 Å². The first-order valence-corrected chi connectivity index (χ1v) is 7.67. The van der Waals surface area contributed by atoms with Crippen molar-refractivity contribution >= 4 is 35.1 Å². The summed E-state index contributed by atoms with van der Waals surface area (Å²) < 4.78 is 5.03. The number of amides is 2. The van der Waals surface area contributed by atoms with Gasteiger partial charge in [-0.2, -0.15) is 0 Å². The van der Waals surface area contributed by atoms with Crippen molar-refractivity contribution < 1.29 is 19.1 Å². The lowest BCUT2D eigenvalue weighted by Gasteiger charge is -2.14. The highest BCUT2D eigenvalue weighted by Crippen LogP contribution is 2.20. The van der Waals surface area contributed by atoms with E-state index in [2.05, 4.69) is 10.9 Å². The van der Waals surface area contributed by atoms with E-state index in [1.165, 1.54) is 25.1 Å². The number of carbonyl (C=O) groups excluding carboxylic acids is 3. The van der Waals surface area contributed by atoms with Crippen LogP contribution in [0.2, 0.25) is 5.02 Å². The zero-order valence-corrected chi connectivity index (χ0v) is 14.0. The summed E-state index contributed by atoms with van der Waals surface area (Å²) in [6, 6.07) is 12.6. The van der Waals surface area contributed by atoms with E-state index in [1.54, 1.807) is 30.3 Å². The summed E-state index contributed by atoms with van der Waals surface area (Å²) in [7, 11) is 0. The third-order valence-corrected chi connectivity index (χ3v) is 3.56. The maximum atomic E-state index is 12.0. The second-order valence-electron chi connectivity index (χ2n) is 5.09. The van der Waals surface area contributed by atoms with Gasteiger partial charge in [-0.25, -0.2) is 4.79 Å². The van der Waals surface area contributed by atoms with Gasteiger partial charge in [0.2, 0.25) is 0 Å². The normalized spacial score (nSPS) is 11.3. The van der Waals surface area contributed by atoms with Crippen molar-refractivity contribution in [2.24, 2.45) is 0 Å². The van der Waals surface area contributed by atoms with Gasteiger partial charge < -0.3 is 10.5 Å². The lowest BCUT2D eigenvalue weighted by atomic mass is 10.2. The zero-order valence-electron chi connectivity index (χ0n) is 13.3. The molecule has 4 N–H and O–H groups in total. The molecule has 0 aliphatic carbocycles. The van der Waals surface area contributed by atoms with E-state index >= 15 is 0 Å². The Bertz CT molecular complexity index is 796. The van der Waals surface area contributed by atoms with Crippen LogP contribution in [0, 0.1) is 0 Å². The van der Waals surface area contributed by atoms with Crippen molar-refractivity contribution in [2.45, 2.75) is 13.0 Å². The van der Waals surface area contributed by atoms with Crippen LogP contribution in [0.3, 0.4) is 0 Å². The van der Waals surface area contributed by atoms with E-state index in [4.69, 9.17) is 22.1 Å². The summed E-state index contributed by atoms with van der Waals surface area (Å²) >= 11 is 5.78. The lowest BCUT2D eigenvalue weighted by Crippen LogP contribution is -2.46. The predicted octanol–water partition coefficient (Wildman–Crippen LogP) is 1.93. The molecule has 0 fully saturated rings. The van der Waals surface area contributed by atoms with Gasteiger partial charge in [-0.15, -0.1) is 0 Å². The van der Waals surface area contributed by atoms with Crippen molar-refractivity contribution in [3.05, 3.63) is 64.7 Å². The van der Waals surface area contributed by atoms with E-state index < -0.39 is 23.9 Å². The minimum absolute atomic E-state index is 0.162. The molecular weight excluding hydrogens is 346 g/mol. The molecule has 0 radical (unpaired) electrons. The Morgan fingerprint density at radius 1 is 1.04 bits per heavy atom. The number of nitrogens with one attached hydrogen (secondary N) is 2. The van der Waals surface area contributed by atoms with Gasteiger partial charge in [-0.05, 0) is 37.3 Å². The van der Waals surface area contributed by atoms with Crippen LogP contribution in [0.5, 0.6) is 0 Å². The predicted molar refractivity (Wildman–Crippen MR) is 92.8 cm³/mol. The minimum atomic E-state index is -1.12. The number of hydrogen-bond donors (Lipinski definition) is 3. The van der Waals surface area contributed by atoms with Crippen molar-refractivity contribution in [3.63, 3.8) is 0 Å². The molecule has 2 aromatic carbocycles. The molecule has 130 valence electrons. The van der Waals surface area contributed by atoms with Gasteiger partial charge >= 0.3 is 5.97 Å². The fourth-order valence-electron chi connectivity index (χ4n) is 1.83. The van der Waals surface area contributed by atoms with Crippen molar-refractivity contribution in [3.8, 4) is 0 Å². The van der Waals surface area contributed by atoms with Crippen LogP contribution in [-0.4, -0.2) is 23.9 Å². The SMILES string of the molecule is C[C@H](OC(=O)c1ccc(Cl)c(N)c1)C(=O)NNC(=O)c1ccccc1. The molecule has 25 heavy (non-hydrogen) atoms. The van der Waals surface area contributed by atoms with Gasteiger partial charge in [0.25, 0.3) is 11.8 Å². The highest BCUT2D eigenvalue weighted by molar-refractivity contribution is 6.33. The second kappa shape index (κ2) is 8.16. The van der Waals surface area contributed by atoms with Crippen LogP contribution in [0.25, 0.3) is 0 Å². The lowest BCUT2D eigenvalue weighted by molar-refractivity contribution is -0.129. The number of rotatable bonds is 4. The van der Waals surface area contributed by atoms with Crippen molar-refractivity contribution in [1.82, 2.24) is 10.9 Å². The zero-order chi connectivity index (χ0) is 18.4. The molecule has 0 saturated heterocycles. The molecule has 2 amide bonds. The van der Waals surface area contributed by atoms with Crippen LogP contribution < -0.4 is 16.6 Å². The molecule has 1 atom stereocenters. The number of carbonyl (C=O) groups is 3. The molecule has 0 aromatic heterocycles. The summed E-state index contributed by atoms with van der Waals surface area (Å²) in [4.78, 5) is 35.7. The molecule has 0 aliphatic rings. The number of anilines is 1. The van der Waals surface area contributed by atoms with Gasteiger partial charge in [0.1, 0.15) is 0 Å². The standard InChI is InChI=1S/C17H16ClN3O4/c1-10(25-17(24)12-7-8-13(18)14(19)9-12)15(22)20-21-16(23)11-5-3-2-4-6-11/h2-10H,19H2,1H3,(H,20,22)(H,21,23)/t10-/m0/s1. The average Bonchev–Trinajstić information content (AvgIpc) is 2.62. The molecule has 0 bridgehead atoms. The fraction of sp³-hybridized carbons (Fsp3) is 0.118. The highest BCUT2D eigenvalue weighted by Gasteiger charge is 2.20. The summed E-state index contributed by atoms with van der Waals surface area (Å²) in [5, 5.41) is 0.311. The van der Waals surface area contributed by atoms with Crippen LogP contribution in [0.15, 0.2) is 48.5 Å². The molecule has 0 heterocycles. The Balaban J connectivity index is 1.88. The van der Waals surface area contributed by atoms with Crippen LogP contribution in [-0.2, 0) is 9.53 Å². The summed E-state index contributed by atoms with van der Waals surface area (Å²) in [6.45, 7) is 1.38. The number of hydrazine groups is 1. The Kier molecular flexibility index (Phi) is 5.97. The highest BCUT2D eigenvalue weighted by atomic mass is 35.5. The number of nitrogen functional groups attached to an aromatic ring is 1. The smallest absolute Gasteiger partial charge is 0.338 e. The Morgan fingerprint density at radius 3 is 2.36 bits per heavy atom. The van der Waals surface area contributed by atoms with E-state index in [0.717, 1.165) is 0 Å². The molecule has 7 nitrogen and oxygen atoms in total. The van der Waals surface area contributed by atoms with E-state index in [-0.39, 0.29) is 11.3 Å². The Morgan fingerprint density at radius 2 is 1.72 bits per heavy atom. The molecule has 0 unspecified atom stereocenters. The summed E-state index contributed by atoms with van der Waals surface area (Å²) in [5.41, 5.74) is 10.8. The molecular formula is C17H16ClN3O4. The summed E-state index contributed by atoms with van der Waals surface area (Å²) in [6.07, 6.45) is -1.12. The number of esters is 1. The van der Waals surface area contributed by atoms with E-state index in [9.17, 15) is 14.4 Å². The average molecular weight is 362 g/mol. The van der Waals surface area contributed by atoms with Gasteiger partial charge in [0.15, 0.2) is 6.10 Å². The first-order chi connectivity index (χ1) is 11.9. The first kappa shape index (κ1) is 18.3. The second-order valence-corrected chi connectivity index (χ2v) is 5.50. The van der Waals surface area contributed by atoms with Crippen LogP contribution >= 0.6 is 11.6 Å². The molecule has 0 aliphatic heterocycles. The maximum Gasteiger partial charge on any atom is 0.338 e. The van der Waals surface area contributed by atoms with Gasteiger partial charge in [-0.3, -0.25) is 20.4 Å². The molecule has 0 spiro atoms. The van der Waals surface area contributed by atoms with Gasteiger partial charge in [0.05, 0.1) is 16.3 Å². The number of ether oxygens (including phenoxy) is 1. The fourth-order valence-corrected chi connectivity index (χ4v) is 1.95. The van der Waals surface area contributed by atoms with Crippen molar-refractivity contribution in [1.29, 1.82) is 0 Å². The quantitative estimate of drug-likeness (QED) is 0.438. The van der Waals surface area contributed by atoms with E-state index in [1.807, 2.05) is 0 Å².